The molecular formula is C23H21F3N4O4. The lowest BCUT2D eigenvalue weighted by molar-refractivity contribution is -0.136. The first kappa shape index (κ1) is 22.2. The summed E-state index contributed by atoms with van der Waals surface area (Å²) in [5.41, 5.74) is -0.362. The van der Waals surface area contributed by atoms with Gasteiger partial charge < -0.3 is 14.0 Å². The molecule has 0 bridgehead atoms. The van der Waals surface area contributed by atoms with Crippen LogP contribution in [0.4, 0.5) is 29.6 Å². The van der Waals surface area contributed by atoms with Gasteiger partial charge in [-0.15, -0.1) is 0 Å². The van der Waals surface area contributed by atoms with Crippen molar-refractivity contribution in [2.24, 2.45) is 0 Å². The molecule has 5 rings (SSSR count). The third-order valence-corrected chi connectivity index (χ3v) is 5.80. The SMILES string of the molecule is O=C(Nc1nc2cc(N3CCCOC3=O)ccc2n1CC1(F)COC1)c1cccc(C(F)F)c1. The van der Waals surface area contributed by atoms with Crippen molar-refractivity contribution in [2.45, 2.75) is 25.1 Å². The first-order valence-corrected chi connectivity index (χ1v) is 10.7. The molecule has 0 saturated carbocycles. The van der Waals surface area contributed by atoms with Crippen LogP contribution in [0, 0.1) is 0 Å². The monoisotopic (exact) mass is 474 g/mol. The first-order valence-electron chi connectivity index (χ1n) is 10.7. The standard InChI is InChI=1S/C23H21F3N4O4/c24-19(25)14-3-1-4-15(9-14)20(31)28-21-27-17-10-16(29-7-2-8-34-22(29)32)5-6-18(17)30(21)11-23(26)12-33-13-23/h1,3-6,9-10,19H,2,7-8,11-13H2,(H,27,28,31). The van der Waals surface area contributed by atoms with Gasteiger partial charge in [0.2, 0.25) is 5.95 Å². The number of halogens is 3. The van der Waals surface area contributed by atoms with E-state index in [1.54, 1.807) is 18.2 Å². The van der Waals surface area contributed by atoms with Crippen LogP contribution in [0.2, 0.25) is 0 Å². The molecule has 2 fully saturated rings. The molecule has 2 saturated heterocycles. The van der Waals surface area contributed by atoms with Gasteiger partial charge in [-0.2, -0.15) is 0 Å². The van der Waals surface area contributed by atoms with Gasteiger partial charge in [0.25, 0.3) is 12.3 Å². The van der Waals surface area contributed by atoms with Crippen LogP contribution in [-0.2, 0) is 16.0 Å². The summed E-state index contributed by atoms with van der Waals surface area (Å²) < 4.78 is 52.7. The Morgan fingerprint density at radius 3 is 2.74 bits per heavy atom. The van der Waals surface area contributed by atoms with Crippen molar-refractivity contribution in [2.75, 3.05) is 36.6 Å². The number of hydrogen-bond acceptors (Lipinski definition) is 5. The number of aromatic nitrogens is 2. The molecule has 2 aromatic carbocycles. The van der Waals surface area contributed by atoms with Gasteiger partial charge in [0.1, 0.15) is 0 Å². The molecule has 2 amide bonds. The van der Waals surface area contributed by atoms with E-state index < -0.39 is 24.1 Å². The molecule has 2 aliphatic rings. The number of hydrogen-bond donors (Lipinski definition) is 1. The van der Waals surface area contributed by atoms with Crippen LogP contribution in [0.25, 0.3) is 11.0 Å². The van der Waals surface area contributed by atoms with E-state index in [0.717, 1.165) is 6.07 Å². The van der Waals surface area contributed by atoms with E-state index in [1.165, 1.54) is 27.7 Å². The number of carbonyl (C=O) groups is 2. The quantitative estimate of drug-likeness (QED) is 0.576. The highest BCUT2D eigenvalue weighted by molar-refractivity contribution is 6.04. The molecule has 0 atom stereocenters. The molecule has 2 aliphatic heterocycles. The summed E-state index contributed by atoms with van der Waals surface area (Å²) in [6, 6.07) is 10.2. The Labute approximate surface area is 192 Å². The van der Waals surface area contributed by atoms with Gasteiger partial charge >= 0.3 is 6.09 Å². The smallest absolute Gasteiger partial charge is 0.414 e. The molecule has 1 N–H and O–H groups in total. The van der Waals surface area contributed by atoms with E-state index in [4.69, 9.17) is 9.47 Å². The van der Waals surface area contributed by atoms with Gasteiger partial charge in [-0.25, -0.2) is 22.9 Å². The zero-order chi connectivity index (χ0) is 23.9. The summed E-state index contributed by atoms with van der Waals surface area (Å²) in [6.45, 7) is 0.541. The fraction of sp³-hybridized carbons (Fsp3) is 0.348. The number of fused-ring (bicyclic) bond motifs is 1. The van der Waals surface area contributed by atoms with Crippen molar-refractivity contribution in [1.82, 2.24) is 9.55 Å². The minimum Gasteiger partial charge on any atom is -0.449 e. The maximum atomic E-state index is 15.0. The van der Waals surface area contributed by atoms with Gasteiger partial charge in [-0.05, 0) is 36.8 Å². The third-order valence-electron chi connectivity index (χ3n) is 5.80. The predicted octanol–water partition coefficient (Wildman–Crippen LogP) is 4.31. The Morgan fingerprint density at radius 2 is 2.03 bits per heavy atom. The van der Waals surface area contributed by atoms with E-state index in [2.05, 4.69) is 10.3 Å². The number of cyclic esters (lactones) is 1. The number of nitrogens with one attached hydrogen (secondary N) is 1. The summed E-state index contributed by atoms with van der Waals surface area (Å²) in [5.74, 6) is -0.596. The fourth-order valence-corrected chi connectivity index (χ4v) is 4.01. The van der Waals surface area contributed by atoms with Crippen LogP contribution in [0.1, 0.15) is 28.8 Å². The normalized spacial score (nSPS) is 17.5. The van der Waals surface area contributed by atoms with E-state index in [0.29, 0.717) is 36.3 Å². The zero-order valence-electron chi connectivity index (χ0n) is 18.0. The predicted molar refractivity (Wildman–Crippen MR) is 117 cm³/mol. The van der Waals surface area contributed by atoms with Crippen LogP contribution in [-0.4, -0.2) is 53.6 Å². The number of nitrogens with zero attached hydrogens (tertiary/aromatic N) is 3. The van der Waals surface area contributed by atoms with Gasteiger partial charge in [-0.1, -0.05) is 12.1 Å². The maximum absolute atomic E-state index is 15.0. The van der Waals surface area contributed by atoms with E-state index in [-0.39, 0.29) is 36.8 Å². The van der Waals surface area contributed by atoms with Crippen molar-refractivity contribution in [1.29, 1.82) is 0 Å². The fourth-order valence-electron chi connectivity index (χ4n) is 4.01. The number of anilines is 2. The number of carbonyl (C=O) groups excluding carboxylic acids is 2. The van der Waals surface area contributed by atoms with Crippen LogP contribution >= 0.6 is 0 Å². The topological polar surface area (TPSA) is 85.7 Å². The number of amides is 2. The third kappa shape index (κ3) is 4.18. The van der Waals surface area contributed by atoms with Crippen LogP contribution < -0.4 is 10.2 Å². The van der Waals surface area contributed by atoms with Gasteiger partial charge in [0, 0.05) is 23.4 Å². The zero-order valence-corrected chi connectivity index (χ0v) is 18.0. The molecule has 34 heavy (non-hydrogen) atoms. The molecule has 1 aromatic heterocycles. The molecule has 178 valence electrons. The molecule has 3 heterocycles. The van der Waals surface area contributed by atoms with Gasteiger partial charge in [0.15, 0.2) is 5.67 Å². The summed E-state index contributed by atoms with van der Waals surface area (Å²) in [4.78, 5) is 30.9. The second-order valence-electron chi connectivity index (χ2n) is 8.34. The minimum atomic E-state index is -2.72. The Kier molecular flexibility index (Phi) is 5.64. The number of alkyl halides is 3. The van der Waals surface area contributed by atoms with E-state index >= 15 is 0 Å². The van der Waals surface area contributed by atoms with Crippen molar-refractivity contribution >= 4 is 34.7 Å². The lowest BCUT2D eigenvalue weighted by Crippen LogP contribution is -2.48. The Bertz CT molecular complexity index is 1260. The minimum absolute atomic E-state index is 0.0232. The molecular weight excluding hydrogens is 453 g/mol. The molecule has 11 heteroatoms. The molecule has 0 aliphatic carbocycles. The molecule has 8 nitrogen and oxygen atoms in total. The highest BCUT2D eigenvalue weighted by atomic mass is 19.3. The van der Waals surface area contributed by atoms with E-state index in [9.17, 15) is 22.8 Å². The largest absolute Gasteiger partial charge is 0.449 e. The number of rotatable bonds is 6. The number of benzene rings is 2. The maximum Gasteiger partial charge on any atom is 0.414 e. The van der Waals surface area contributed by atoms with E-state index in [1.807, 2.05) is 0 Å². The van der Waals surface area contributed by atoms with Crippen molar-refractivity contribution in [3.05, 3.63) is 53.6 Å². The second-order valence-corrected chi connectivity index (χ2v) is 8.34. The Hall–Kier alpha value is -3.60. The highest BCUT2D eigenvalue weighted by Gasteiger charge is 2.40. The first-order chi connectivity index (χ1) is 16.3. The molecule has 0 radical (unpaired) electrons. The molecule has 0 spiro atoms. The summed E-state index contributed by atoms with van der Waals surface area (Å²) in [7, 11) is 0. The van der Waals surface area contributed by atoms with Crippen molar-refractivity contribution in [3.63, 3.8) is 0 Å². The Morgan fingerprint density at radius 1 is 1.21 bits per heavy atom. The van der Waals surface area contributed by atoms with Crippen LogP contribution in [0.5, 0.6) is 0 Å². The average Bonchev–Trinajstić information content (AvgIpc) is 3.14. The van der Waals surface area contributed by atoms with Crippen LogP contribution in [0.15, 0.2) is 42.5 Å². The van der Waals surface area contributed by atoms with Crippen LogP contribution in [0.3, 0.4) is 0 Å². The molecule has 3 aromatic rings. The van der Waals surface area contributed by atoms with Gasteiger partial charge in [0.05, 0.1) is 37.4 Å². The lowest BCUT2D eigenvalue weighted by atomic mass is 10.1. The lowest BCUT2D eigenvalue weighted by Gasteiger charge is -2.34. The number of ether oxygens (including phenoxy) is 2. The van der Waals surface area contributed by atoms with Gasteiger partial charge in [-0.3, -0.25) is 15.0 Å². The highest BCUT2D eigenvalue weighted by Crippen LogP contribution is 2.31. The summed E-state index contributed by atoms with van der Waals surface area (Å²) >= 11 is 0. The average molecular weight is 474 g/mol. The second kappa shape index (κ2) is 8.64. The van der Waals surface area contributed by atoms with Crippen molar-refractivity contribution in [3.8, 4) is 0 Å². The molecule has 0 unspecified atom stereocenters. The summed E-state index contributed by atoms with van der Waals surface area (Å²) in [5, 5.41) is 2.62. The van der Waals surface area contributed by atoms with Crippen molar-refractivity contribution < 1.29 is 32.2 Å². The Balaban J connectivity index is 1.50. The number of imidazole rings is 1. The summed E-state index contributed by atoms with van der Waals surface area (Å²) in [6.07, 6.45) is -2.50.